The molecular formula is C9H8N4O. The predicted octanol–water partition coefficient (Wildman–Crippen LogP) is 0.724. The van der Waals surface area contributed by atoms with Crippen molar-refractivity contribution >= 4 is 5.69 Å². The van der Waals surface area contributed by atoms with Crippen LogP contribution in [0.5, 0.6) is 5.88 Å². The lowest BCUT2D eigenvalue weighted by molar-refractivity contribution is 0.396. The van der Waals surface area contributed by atoms with E-state index in [0.29, 0.717) is 5.69 Å². The van der Waals surface area contributed by atoms with E-state index in [1.807, 2.05) is 12.1 Å². The van der Waals surface area contributed by atoms with Crippen LogP contribution in [-0.4, -0.2) is 12.1 Å². The molecule has 0 atom stereocenters. The minimum Gasteiger partial charge on any atom is -0.480 e. The molecule has 0 radical (unpaired) electrons. The summed E-state index contributed by atoms with van der Waals surface area (Å²) in [7, 11) is 1.40. The number of aryl methyl sites for hydroxylation is 1. The summed E-state index contributed by atoms with van der Waals surface area (Å²) in [6, 6.07) is 3.75. The van der Waals surface area contributed by atoms with Crippen molar-refractivity contribution in [3.05, 3.63) is 16.8 Å². The molecule has 0 saturated heterocycles. The maximum absolute atomic E-state index is 8.78. The Hall–Kier alpha value is -2.27. The lowest BCUT2D eigenvalue weighted by atomic mass is 10.1. The molecule has 0 fully saturated rings. The Bertz CT molecular complexity index is 453. The highest BCUT2D eigenvalue weighted by atomic mass is 16.5. The molecule has 1 rings (SSSR count). The van der Waals surface area contributed by atoms with Gasteiger partial charge < -0.3 is 10.5 Å². The van der Waals surface area contributed by atoms with Crippen molar-refractivity contribution < 1.29 is 4.74 Å². The molecule has 0 aromatic carbocycles. The first kappa shape index (κ1) is 9.82. The van der Waals surface area contributed by atoms with E-state index < -0.39 is 0 Å². The predicted molar refractivity (Wildman–Crippen MR) is 49.4 cm³/mol. The molecule has 0 bridgehead atoms. The van der Waals surface area contributed by atoms with Crippen LogP contribution in [0.25, 0.3) is 0 Å². The van der Waals surface area contributed by atoms with Crippen LogP contribution in [0.1, 0.15) is 16.8 Å². The Morgan fingerprint density at radius 1 is 1.29 bits per heavy atom. The van der Waals surface area contributed by atoms with Gasteiger partial charge in [0.1, 0.15) is 17.7 Å². The molecule has 0 aliphatic heterocycles. The van der Waals surface area contributed by atoms with Crippen LogP contribution in [0.15, 0.2) is 0 Å². The molecule has 5 nitrogen and oxygen atoms in total. The van der Waals surface area contributed by atoms with E-state index in [4.69, 9.17) is 21.0 Å². The van der Waals surface area contributed by atoms with Gasteiger partial charge in [-0.15, -0.1) is 0 Å². The second kappa shape index (κ2) is 3.63. The number of hydrogen-bond donors (Lipinski definition) is 1. The van der Waals surface area contributed by atoms with Crippen molar-refractivity contribution in [1.82, 2.24) is 4.98 Å². The van der Waals surface area contributed by atoms with Crippen LogP contribution in [0, 0.1) is 29.6 Å². The highest BCUT2D eigenvalue weighted by Crippen LogP contribution is 2.26. The van der Waals surface area contributed by atoms with Gasteiger partial charge in [0.25, 0.3) is 0 Å². The number of aromatic nitrogens is 1. The first-order chi connectivity index (χ1) is 6.65. The first-order valence-electron chi connectivity index (χ1n) is 3.80. The Morgan fingerprint density at radius 3 is 2.29 bits per heavy atom. The number of methoxy groups -OCH3 is 1. The van der Waals surface area contributed by atoms with E-state index in [9.17, 15) is 0 Å². The number of nitrogens with zero attached hydrogens (tertiary/aromatic N) is 3. The minimum atomic E-state index is 0.106. The van der Waals surface area contributed by atoms with Crippen molar-refractivity contribution in [2.24, 2.45) is 0 Å². The van der Waals surface area contributed by atoms with E-state index in [0.717, 1.165) is 0 Å². The molecule has 1 heterocycles. The van der Waals surface area contributed by atoms with Crippen molar-refractivity contribution in [1.29, 1.82) is 10.5 Å². The normalized spacial score (nSPS) is 8.86. The maximum Gasteiger partial charge on any atom is 0.233 e. The van der Waals surface area contributed by atoms with Crippen molar-refractivity contribution in [2.75, 3.05) is 12.8 Å². The third kappa shape index (κ3) is 1.32. The highest BCUT2D eigenvalue weighted by molar-refractivity contribution is 5.68. The number of hydrogen-bond acceptors (Lipinski definition) is 5. The fraction of sp³-hybridized carbons (Fsp3) is 0.222. The zero-order chi connectivity index (χ0) is 10.7. The first-order valence-corrected chi connectivity index (χ1v) is 3.80. The quantitative estimate of drug-likeness (QED) is 0.700. The molecular weight excluding hydrogens is 180 g/mol. The number of rotatable bonds is 1. The number of ether oxygens (including phenoxy) is 1. The number of nitrogens with two attached hydrogens (primary N) is 1. The maximum atomic E-state index is 8.78. The SMILES string of the molecule is COc1nc(C)c(C#N)c(N)c1C#N. The molecule has 0 unspecified atom stereocenters. The summed E-state index contributed by atoms with van der Waals surface area (Å²) >= 11 is 0. The van der Waals surface area contributed by atoms with Gasteiger partial charge >= 0.3 is 0 Å². The summed E-state index contributed by atoms with van der Waals surface area (Å²) in [6.07, 6.45) is 0. The highest BCUT2D eigenvalue weighted by Gasteiger charge is 2.15. The van der Waals surface area contributed by atoms with E-state index in [1.165, 1.54) is 7.11 Å². The van der Waals surface area contributed by atoms with Gasteiger partial charge in [-0.2, -0.15) is 10.5 Å². The number of nitrogen functional groups attached to an aromatic ring is 1. The van der Waals surface area contributed by atoms with E-state index in [2.05, 4.69) is 4.98 Å². The summed E-state index contributed by atoms with van der Waals surface area (Å²) in [5, 5.41) is 17.5. The van der Waals surface area contributed by atoms with E-state index in [-0.39, 0.29) is 22.7 Å². The largest absolute Gasteiger partial charge is 0.480 e. The molecule has 5 heteroatoms. The van der Waals surface area contributed by atoms with Gasteiger partial charge in [0.2, 0.25) is 5.88 Å². The van der Waals surface area contributed by atoms with Crippen LogP contribution < -0.4 is 10.5 Å². The zero-order valence-electron chi connectivity index (χ0n) is 7.83. The number of nitriles is 2. The van der Waals surface area contributed by atoms with Gasteiger partial charge in [-0.05, 0) is 6.92 Å². The summed E-state index contributed by atoms with van der Waals surface area (Å²) < 4.78 is 4.87. The average Bonchev–Trinajstić information content (AvgIpc) is 2.17. The Labute approximate surface area is 81.3 Å². The second-order valence-corrected chi connectivity index (χ2v) is 2.59. The van der Waals surface area contributed by atoms with Crippen molar-refractivity contribution in [2.45, 2.75) is 6.92 Å². The van der Waals surface area contributed by atoms with Gasteiger partial charge in [-0.3, -0.25) is 0 Å². The summed E-state index contributed by atoms with van der Waals surface area (Å²) in [6.45, 7) is 1.64. The van der Waals surface area contributed by atoms with Gasteiger partial charge in [-0.25, -0.2) is 4.98 Å². The average molecular weight is 188 g/mol. The molecule has 1 aromatic rings. The van der Waals surface area contributed by atoms with Gasteiger partial charge in [0, 0.05) is 0 Å². The topological polar surface area (TPSA) is 95.7 Å². The van der Waals surface area contributed by atoms with Crippen LogP contribution in [0.3, 0.4) is 0 Å². The van der Waals surface area contributed by atoms with Gasteiger partial charge in [0.05, 0.1) is 24.1 Å². The third-order valence-electron chi connectivity index (χ3n) is 1.80. The van der Waals surface area contributed by atoms with Crippen LogP contribution in [-0.2, 0) is 0 Å². The number of pyridine rings is 1. The molecule has 0 saturated carbocycles. The standard InChI is InChI=1S/C9H8N4O/c1-5-6(3-10)8(12)7(4-11)9(13-5)14-2/h1-2H3,(H2,12,13). The van der Waals surface area contributed by atoms with Gasteiger partial charge in [-0.1, -0.05) is 0 Å². The van der Waals surface area contributed by atoms with Crippen LogP contribution >= 0.6 is 0 Å². The lowest BCUT2D eigenvalue weighted by Gasteiger charge is -2.07. The smallest absolute Gasteiger partial charge is 0.233 e. The molecule has 0 spiro atoms. The Kier molecular flexibility index (Phi) is 2.54. The third-order valence-corrected chi connectivity index (χ3v) is 1.80. The Morgan fingerprint density at radius 2 is 1.86 bits per heavy atom. The summed E-state index contributed by atoms with van der Waals surface area (Å²) in [5.41, 5.74) is 6.53. The molecule has 14 heavy (non-hydrogen) atoms. The van der Waals surface area contributed by atoms with E-state index >= 15 is 0 Å². The van der Waals surface area contributed by atoms with Crippen LogP contribution in [0.2, 0.25) is 0 Å². The Balaban J connectivity index is 3.60. The van der Waals surface area contributed by atoms with Crippen molar-refractivity contribution in [3.8, 4) is 18.0 Å². The summed E-state index contributed by atoms with van der Waals surface area (Å²) in [5.74, 6) is 0.154. The lowest BCUT2D eigenvalue weighted by Crippen LogP contribution is -2.03. The molecule has 0 amide bonds. The van der Waals surface area contributed by atoms with Crippen LogP contribution in [0.4, 0.5) is 5.69 Å². The summed E-state index contributed by atoms with van der Waals surface area (Å²) in [4.78, 5) is 3.95. The monoisotopic (exact) mass is 188 g/mol. The zero-order valence-corrected chi connectivity index (χ0v) is 7.83. The minimum absolute atomic E-state index is 0.106. The fourth-order valence-corrected chi connectivity index (χ4v) is 1.10. The van der Waals surface area contributed by atoms with Gasteiger partial charge in [0.15, 0.2) is 0 Å². The fourth-order valence-electron chi connectivity index (χ4n) is 1.10. The van der Waals surface area contributed by atoms with E-state index in [1.54, 1.807) is 6.92 Å². The molecule has 1 aromatic heterocycles. The molecule has 70 valence electrons. The molecule has 0 aliphatic rings. The second-order valence-electron chi connectivity index (χ2n) is 2.59. The van der Waals surface area contributed by atoms with Crippen molar-refractivity contribution in [3.63, 3.8) is 0 Å². The molecule has 2 N–H and O–H groups in total. The molecule has 0 aliphatic carbocycles. The number of anilines is 1.